The number of carbonyl (C=O) groups is 3. The molecule has 3 aromatic rings. The molecule has 186 valence electrons. The SMILES string of the molecule is COC(=O)c1cccc(CS(=O)(=O)N[C@@H](C=O)Cc2cn(C(=O)OC(C)(C)C)c3ccccc23)c1. The highest BCUT2D eigenvalue weighted by Gasteiger charge is 2.24. The molecule has 0 amide bonds. The molecule has 0 saturated heterocycles. The van der Waals surface area contributed by atoms with Crippen molar-refractivity contribution in [2.75, 3.05) is 7.11 Å². The summed E-state index contributed by atoms with van der Waals surface area (Å²) in [4.78, 5) is 36.2. The topological polar surface area (TPSA) is 121 Å². The molecule has 1 atom stereocenters. The average Bonchev–Trinajstić information content (AvgIpc) is 3.15. The maximum absolute atomic E-state index is 12.8. The highest BCUT2D eigenvalue weighted by atomic mass is 32.2. The first-order valence-electron chi connectivity index (χ1n) is 10.9. The monoisotopic (exact) mass is 500 g/mol. The molecule has 0 fully saturated rings. The number of nitrogens with one attached hydrogen (secondary N) is 1. The number of fused-ring (bicyclic) bond motifs is 1. The quantitative estimate of drug-likeness (QED) is 0.371. The van der Waals surface area contributed by atoms with E-state index in [1.165, 1.54) is 23.8 Å². The third-order valence-electron chi connectivity index (χ3n) is 5.02. The minimum absolute atomic E-state index is 0.0290. The number of rotatable bonds is 8. The van der Waals surface area contributed by atoms with Crippen molar-refractivity contribution in [3.8, 4) is 0 Å². The van der Waals surface area contributed by atoms with Gasteiger partial charge in [0.05, 0.1) is 30.0 Å². The zero-order valence-corrected chi connectivity index (χ0v) is 20.8. The van der Waals surface area contributed by atoms with Gasteiger partial charge in [0.1, 0.15) is 11.9 Å². The number of hydrogen-bond donors (Lipinski definition) is 1. The predicted octanol–water partition coefficient (Wildman–Crippen LogP) is 3.44. The van der Waals surface area contributed by atoms with Crippen molar-refractivity contribution in [3.63, 3.8) is 0 Å². The minimum Gasteiger partial charge on any atom is -0.465 e. The third kappa shape index (κ3) is 6.77. The van der Waals surface area contributed by atoms with Crippen molar-refractivity contribution in [1.29, 1.82) is 0 Å². The van der Waals surface area contributed by atoms with Crippen LogP contribution in [0.1, 0.15) is 42.3 Å². The molecular formula is C25H28N2O7S. The van der Waals surface area contributed by atoms with Gasteiger partial charge >= 0.3 is 12.1 Å². The van der Waals surface area contributed by atoms with Crippen LogP contribution < -0.4 is 4.72 Å². The summed E-state index contributed by atoms with van der Waals surface area (Å²) in [7, 11) is -2.70. The number of para-hydroxylation sites is 1. The van der Waals surface area contributed by atoms with Crippen molar-refractivity contribution < 1.29 is 32.3 Å². The van der Waals surface area contributed by atoms with Gasteiger partial charge in [-0.1, -0.05) is 30.3 Å². The fourth-order valence-electron chi connectivity index (χ4n) is 3.63. The number of carbonyl (C=O) groups excluding carboxylic acids is 3. The number of sulfonamides is 1. The van der Waals surface area contributed by atoms with E-state index in [-0.39, 0.29) is 12.0 Å². The van der Waals surface area contributed by atoms with Crippen LogP contribution in [0.15, 0.2) is 54.7 Å². The Labute approximate surface area is 204 Å². The number of benzene rings is 2. The zero-order valence-electron chi connectivity index (χ0n) is 20.0. The van der Waals surface area contributed by atoms with Crippen molar-refractivity contribution >= 4 is 39.3 Å². The van der Waals surface area contributed by atoms with Gasteiger partial charge < -0.3 is 14.3 Å². The molecule has 1 heterocycles. The van der Waals surface area contributed by atoms with Gasteiger partial charge in [-0.15, -0.1) is 0 Å². The number of nitrogens with zero attached hydrogens (tertiary/aromatic N) is 1. The van der Waals surface area contributed by atoms with E-state index in [4.69, 9.17) is 4.74 Å². The molecule has 1 aromatic heterocycles. The molecule has 3 rings (SSSR count). The summed E-state index contributed by atoms with van der Waals surface area (Å²) in [6.45, 7) is 5.28. The molecule has 0 spiro atoms. The molecule has 0 aliphatic carbocycles. The third-order valence-corrected chi connectivity index (χ3v) is 6.40. The molecule has 0 saturated carbocycles. The Balaban J connectivity index is 1.82. The van der Waals surface area contributed by atoms with Gasteiger partial charge in [-0.3, -0.25) is 4.57 Å². The van der Waals surface area contributed by atoms with Gasteiger partial charge in [0.15, 0.2) is 0 Å². The predicted molar refractivity (Wildman–Crippen MR) is 131 cm³/mol. The van der Waals surface area contributed by atoms with Gasteiger partial charge in [0.2, 0.25) is 10.0 Å². The second kappa shape index (κ2) is 10.4. The lowest BCUT2D eigenvalue weighted by Gasteiger charge is -2.19. The molecule has 2 aromatic carbocycles. The average molecular weight is 501 g/mol. The lowest BCUT2D eigenvalue weighted by Crippen LogP contribution is -2.38. The van der Waals surface area contributed by atoms with Crippen molar-refractivity contribution in [3.05, 3.63) is 71.4 Å². The largest absolute Gasteiger partial charge is 0.465 e. The van der Waals surface area contributed by atoms with Gasteiger partial charge in [0, 0.05) is 11.6 Å². The standard InChI is InChI=1S/C25H28N2O7S/c1-25(2,3)34-24(30)27-14-19(21-10-5-6-11-22(21)27)13-20(15-28)26-35(31,32)16-17-8-7-9-18(12-17)23(29)33-4/h5-12,14-15,20,26H,13,16H2,1-4H3/t20-/m1/s1. The minimum atomic E-state index is -3.93. The molecule has 9 nitrogen and oxygen atoms in total. The summed E-state index contributed by atoms with van der Waals surface area (Å²) >= 11 is 0. The highest BCUT2D eigenvalue weighted by molar-refractivity contribution is 7.88. The van der Waals surface area contributed by atoms with Crippen LogP contribution in [0.25, 0.3) is 10.9 Å². The Kier molecular flexibility index (Phi) is 7.76. The summed E-state index contributed by atoms with van der Waals surface area (Å²) in [5, 5.41) is 0.704. The normalized spacial score (nSPS) is 12.8. The summed E-state index contributed by atoms with van der Waals surface area (Å²) in [6, 6.07) is 12.1. The molecule has 0 radical (unpaired) electrons. The van der Waals surface area contributed by atoms with Crippen LogP contribution in [0.4, 0.5) is 4.79 Å². The maximum atomic E-state index is 12.8. The molecule has 0 aliphatic rings. The summed E-state index contributed by atoms with van der Waals surface area (Å²) in [5.74, 6) is -1.01. The fourth-order valence-corrected chi connectivity index (χ4v) is 4.93. The Morgan fingerprint density at radius 2 is 1.83 bits per heavy atom. The van der Waals surface area contributed by atoms with Gasteiger partial charge in [-0.2, -0.15) is 0 Å². The molecule has 10 heteroatoms. The van der Waals surface area contributed by atoms with Crippen molar-refractivity contribution in [1.82, 2.24) is 9.29 Å². The van der Waals surface area contributed by atoms with E-state index >= 15 is 0 Å². The first kappa shape index (κ1) is 26.1. The van der Waals surface area contributed by atoms with Crippen LogP contribution in [0.2, 0.25) is 0 Å². The van der Waals surface area contributed by atoms with Crippen molar-refractivity contribution in [2.24, 2.45) is 0 Å². The zero-order chi connectivity index (χ0) is 25.8. The van der Waals surface area contributed by atoms with Crippen molar-refractivity contribution in [2.45, 2.75) is 44.6 Å². The van der Waals surface area contributed by atoms with E-state index in [1.807, 2.05) is 0 Å². The molecule has 0 aliphatic heterocycles. The summed E-state index contributed by atoms with van der Waals surface area (Å²) in [5.41, 5.74) is 1.09. The number of esters is 1. The lowest BCUT2D eigenvalue weighted by atomic mass is 10.1. The fraction of sp³-hybridized carbons (Fsp3) is 0.320. The second-order valence-electron chi connectivity index (χ2n) is 9.04. The smallest absolute Gasteiger partial charge is 0.419 e. The Morgan fingerprint density at radius 3 is 2.49 bits per heavy atom. The number of aromatic nitrogens is 1. The number of ether oxygens (including phenoxy) is 2. The first-order chi connectivity index (χ1) is 16.4. The van der Waals surface area contributed by atoms with Gasteiger partial charge in [-0.05, 0) is 56.5 Å². The number of aldehydes is 1. The Hall–Kier alpha value is -3.50. The van der Waals surface area contributed by atoms with Crippen LogP contribution in [0.5, 0.6) is 0 Å². The molecule has 1 N–H and O–H groups in total. The van der Waals surface area contributed by atoms with Crippen LogP contribution in [0.3, 0.4) is 0 Å². The van der Waals surface area contributed by atoms with Gasteiger partial charge in [0.25, 0.3) is 0 Å². The first-order valence-corrected chi connectivity index (χ1v) is 12.5. The van der Waals surface area contributed by atoms with Crippen LogP contribution in [-0.4, -0.2) is 50.1 Å². The Bertz CT molecular complexity index is 1350. The summed E-state index contributed by atoms with van der Waals surface area (Å²) < 4.78 is 39.4. The van der Waals surface area contributed by atoms with Crippen LogP contribution in [-0.2, 0) is 36.5 Å². The van der Waals surface area contributed by atoms with E-state index in [1.54, 1.807) is 63.4 Å². The lowest BCUT2D eigenvalue weighted by molar-refractivity contribution is -0.109. The molecule has 35 heavy (non-hydrogen) atoms. The van der Waals surface area contributed by atoms with E-state index in [2.05, 4.69) is 9.46 Å². The molecule has 0 unspecified atom stereocenters. The van der Waals surface area contributed by atoms with Crippen LogP contribution >= 0.6 is 0 Å². The summed E-state index contributed by atoms with van der Waals surface area (Å²) in [6.07, 6.45) is 1.53. The van der Waals surface area contributed by atoms with Gasteiger partial charge in [-0.25, -0.2) is 22.7 Å². The number of methoxy groups -OCH3 is 1. The van der Waals surface area contributed by atoms with E-state index in [9.17, 15) is 22.8 Å². The van der Waals surface area contributed by atoms with E-state index < -0.39 is 39.5 Å². The molecular weight excluding hydrogens is 472 g/mol. The van der Waals surface area contributed by atoms with E-state index in [0.29, 0.717) is 28.3 Å². The Morgan fingerprint density at radius 1 is 1.11 bits per heavy atom. The molecule has 0 bridgehead atoms. The van der Waals surface area contributed by atoms with Crippen LogP contribution in [0, 0.1) is 0 Å². The maximum Gasteiger partial charge on any atom is 0.419 e. The number of hydrogen-bond acceptors (Lipinski definition) is 7. The van der Waals surface area contributed by atoms with E-state index in [0.717, 1.165) is 0 Å². The second-order valence-corrected chi connectivity index (χ2v) is 10.8. The highest BCUT2D eigenvalue weighted by Crippen LogP contribution is 2.24.